The second kappa shape index (κ2) is 27.8. The minimum atomic E-state index is -3.06. The lowest BCUT2D eigenvalue weighted by molar-refractivity contribution is 0.100. The maximum absolute atomic E-state index is 12.7. The SMILES string of the molecule is COP(=O)(CCSCCOP(OCCC#N)N(C(C)C)C(C)CCCN(C(C)C)P(OCCC#N)OC1CCC(CP(=O)(OC)OC)CC1)OC. The van der Waals surface area contributed by atoms with Gasteiger partial charge in [0.15, 0.2) is 0 Å². The zero-order valence-electron chi connectivity index (χ0n) is 32.3. The van der Waals surface area contributed by atoms with E-state index in [4.69, 9.17) is 41.5 Å². The van der Waals surface area contributed by atoms with Crippen LogP contribution in [0, 0.1) is 28.6 Å². The van der Waals surface area contributed by atoms with Crippen molar-refractivity contribution < 1.29 is 45.3 Å². The van der Waals surface area contributed by atoms with Crippen LogP contribution in [0.5, 0.6) is 0 Å². The van der Waals surface area contributed by atoms with Crippen LogP contribution in [0.15, 0.2) is 0 Å². The van der Waals surface area contributed by atoms with Crippen molar-refractivity contribution >= 4 is 44.0 Å². The molecule has 0 amide bonds. The van der Waals surface area contributed by atoms with Crippen molar-refractivity contribution in [2.45, 2.75) is 110 Å². The highest BCUT2D eigenvalue weighted by atomic mass is 32.2. The quantitative estimate of drug-likeness (QED) is 0.0498. The number of thioether (sulfide) groups is 1. The third kappa shape index (κ3) is 19.6. The summed E-state index contributed by atoms with van der Waals surface area (Å²) in [4.78, 5) is 0. The summed E-state index contributed by atoms with van der Waals surface area (Å²) in [6.07, 6.45) is 6.48. The molecule has 0 heterocycles. The fourth-order valence-electron chi connectivity index (χ4n) is 5.54. The molecule has 0 spiro atoms. The Balaban J connectivity index is 2.87. The van der Waals surface area contributed by atoms with Crippen molar-refractivity contribution in [1.82, 2.24) is 9.34 Å². The van der Waals surface area contributed by atoms with Gasteiger partial charge in [0.05, 0.1) is 63.2 Å². The van der Waals surface area contributed by atoms with Crippen molar-refractivity contribution in [3.8, 4) is 12.1 Å². The maximum Gasteiger partial charge on any atom is 0.330 e. The number of nitriles is 2. The number of nitrogens with zero attached hydrogens (tertiary/aromatic N) is 4. The molecule has 3 unspecified atom stereocenters. The van der Waals surface area contributed by atoms with Gasteiger partial charge < -0.3 is 36.2 Å². The van der Waals surface area contributed by atoms with E-state index in [9.17, 15) is 14.4 Å². The Morgan fingerprint density at radius 1 is 0.765 bits per heavy atom. The standard InChI is InChI=1S/C32H64N4O10P4S/c1-28(2)35(47(43-21-11-18-33)46-32-16-14-31(15-17-32)27-50(38,41-8)42-9)20-10-13-30(5)36(29(3)4)48(44-22-12-19-34)45-23-25-51-26-24-49(37,39-6)40-7/h28-32H,10-17,20-27H2,1-9H3. The molecule has 19 heteroatoms. The summed E-state index contributed by atoms with van der Waals surface area (Å²) in [6, 6.07) is 4.76. The molecular formula is C32H64N4O10P4S. The number of hydrogen-bond donors (Lipinski definition) is 0. The van der Waals surface area contributed by atoms with Crippen LogP contribution < -0.4 is 0 Å². The molecule has 0 radical (unpaired) electrons. The van der Waals surface area contributed by atoms with Gasteiger partial charge in [-0.05, 0) is 79.1 Å². The molecule has 0 bridgehead atoms. The summed E-state index contributed by atoms with van der Waals surface area (Å²) in [5, 5.41) is 18.3. The predicted molar refractivity (Wildman–Crippen MR) is 207 cm³/mol. The normalized spacial score (nSPS) is 19.0. The van der Waals surface area contributed by atoms with E-state index in [1.165, 1.54) is 28.4 Å². The Kier molecular flexibility index (Phi) is 26.8. The summed E-state index contributed by atoms with van der Waals surface area (Å²) in [7, 11) is -3.25. The Morgan fingerprint density at radius 2 is 1.31 bits per heavy atom. The lowest BCUT2D eigenvalue weighted by Gasteiger charge is -2.39. The zero-order valence-corrected chi connectivity index (χ0v) is 36.7. The molecule has 298 valence electrons. The van der Waals surface area contributed by atoms with Gasteiger partial charge in [0, 0.05) is 64.6 Å². The van der Waals surface area contributed by atoms with Crippen LogP contribution >= 0.6 is 44.0 Å². The van der Waals surface area contributed by atoms with Crippen molar-refractivity contribution in [3.05, 3.63) is 0 Å². The molecule has 0 aromatic carbocycles. The van der Waals surface area contributed by atoms with Gasteiger partial charge in [0.2, 0.25) is 0 Å². The summed E-state index contributed by atoms with van der Waals surface area (Å²) in [5.41, 5.74) is 0. The van der Waals surface area contributed by atoms with Crippen LogP contribution in [0.1, 0.15) is 86.0 Å². The van der Waals surface area contributed by atoms with E-state index in [-0.39, 0.29) is 36.6 Å². The van der Waals surface area contributed by atoms with Gasteiger partial charge in [-0.1, -0.05) is 0 Å². The fraction of sp³-hybridized carbons (Fsp3) is 0.938. The van der Waals surface area contributed by atoms with Crippen LogP contribution in [-0.4, -0.2) is 112 Å². The van der Waals surface area contributed by atoms with Gasteiger partial charge in [0.1, 0.15) is 0 Å². The summed E-state index contributed by atoms with van der Waals surface area (Å²) >= 11 is 1.62. The second-order valence-corrected chi connectivity index (χ2v) is 21.6. The Labute approximate surface area is 315 Å². The summed E-state index contributed by atoms with van der Waals surface area (Å²) in [6.45, 7) is 12.5. The Morgan fingerprint density at radius 3 is 1.82 bits per heavy atom. The van der Waals surface area contributed by atoms with Crippen molar-refractivity contribution in [2.75, 3.05) is 78.6 Å². The molecule has 0 aromatic heterocycles. The molecule has 0 aromatic rings. The van der Waals surface area contributed by atoms with E-state index in [1.807, 2.05) is 0 Å². The Bertz CT molecular complexity index is 1090. The smallest absolute Gasteiger partial charge is 0.321 e. The molecule has 14 nitrogen and oxygen atoms in total. The van der Waals surface area contributed by atoms with Crippen LogP contribution in [0.4, 0.5) is 0 Å². The molecule has 1 saturated carbocycles. The van der Waals surface area contributed by atoms with Crippen LogP contribution in [0.3, 0.4) is 0 Å². The molecule has 1 aliphatic carbocycles. The fourth-order valence-corrected chi connectivity index (χ4v) is 12.8. The molecule has 51 heavy (non-hydrogen) atoms. The largest absolute Gasteiger partial charge is 0.330 e. The molecule has 1 aliphatic rings. The molecule has 3 atom stereocenters. The van der Waals surface area contributed by atoms with E-state index in [1.54, 1.807) is 11.8 Å². The minimum absolute atomic E-state index is 0.0180. The first-order chi connectivity index (χ1) is 24.3. The lowest BCUT2D eigenvalue weighted by atomic mass is 9.89. The predicted octanol–water partition coefficient (Wildman–Crippen LogP) is 9.19. The monoisotopic (exact) mass is 820 g/mol. The maximum atomic E-state index is 12.7. The average Bonchev–Trinajstić information content (AvgIpc) is 3.11. The molecule has 1 fully saturated rings. The average molecular weight is 821 g/mol. The highest BCUT2D eigenvalue weighted by Crippen LogP contribution is 2.53. The lowest BCUT2D eigenvalue weighted by Crippen LogP contribution is -2.37. The van der Waals surface area contributed by atoms with Crippen molar-refractivity contribution in [3.63, 3.8) is 0 Å². The summed E-state index contributed by atoms with van der Waals surface area (Å²) in [5.74, 6) is 1.56. The van der Waals surface area contributed by atoms with Gasteiger partial charge in [0.25, 0.3) is 17.1 Å². The first kappa shape index (κ1) is 49.3. The first-order valence-corrected chi connectivity index (χ1v) is 24.6. The van der Waals surface area contributed by atoms with Gasteiger partial charge in [-0.25, -0.2) is 9.34 Å². The van der Waals surface area contributed by atoms with E-state index in [0.717, 1.165) is 45.1 Å². The topological polar surface area (TPSA) is 162 Å². The third-order valence-corrected chi connectivity index (χ3v) is 17.6. The van der Waals surface area contributed by atoms with E-state index in [0.29, 0.717) is 50.1 Å². The van der Waals surface area contributed by atoms with E-state index in [2.05, 4.69) is 56.1 Å². The summed E-state index contributed by atoms with van der Waals surface area (Å²) < 4.78 is 75.3. The van der Waals surface area contributed by atoms with E-state index >= 15 is 0 Å². The number of hydrogen-bond acceptors (Lipinski definition) is 15. The van der Waals surface area contributed by atoms with E-state index < -0.39 is 32.2 Å². The van der Waals surface area contributed by atoms with Gasteiger partial charge in [-0.3, -0.25) is 9.13 Å². The second-order valence-electron chi connectivity index (χ2n) is 12.7. The molecule has 0 N–H and O–H groups in total. The van der Waals surface area contributed by atoms with Crippen molar-refractivity contribution in [2.24, 2.45) is 5.92 Å². The number of rotatable bonds is 30. The molecule has 0 aliphatic heterocycles. The highest BCUT2D eigenvalue weighted by Gasteiger charge is 2.34. The van der Waals surface area contributed by atoms with Crippen LogP contribution in [0.2, 0.25) is 0 Å². The molecule has 0 saturated heterocycles. The minimum Gasteiger partial charge on any atom is -0.321 e. The first-order valence-electron chi connectivity index (χ1n) is 17.8. The van der Waals surface area contributed by atoms with Crippen LogP contribution in [-0.2, 0) is 45.3 Å². The molecule has 1 rings (SSSR count). The zero-order chi connectivity index (χ0) is 38.3. The van der Waals surface area contributed by atoms with Gasteiger partial charge in [-0.2, -0.15) is 22.3 Å². The van der Waals surface area contributed by atoms with Crippen LogP contribution in [0.25, 0.3) is 0 Å². The highest BCUT2D eigenvalue weighted by molar-refractivity contribution is 7.99. The van der Waals surface area contributed by atoms with Gasteiger partial charge in [-0.15, -0.1) is 0 Å². The third-order valence-electron chi connectivity index (χ3n) is 8.38. The van der Waals surface area contributed by atoms with Crippen molar-refractivity contribution in [1.29, 1.82) is 10.5 Å². The molecular weight excluding hydrogens is 756 g/mol. The Hall–Kier alpha value is 0.250. The van der Waals surface area contributed by atoms with Gasteiger partial charge >= 0.3 is 15.2 Å².